The van der Waals surface area contributed by atoms with Crippen LogP contribution >= 0.6 is 0 Å². The third-order valence-corrected chi connectivity index (χ3v) is 4.26. The molecule has 1 saturated carbocycles. The van der Waals surface area contributed by atoms with Gasteiger partial charge in [0.05, 0.1) is 5.41 Å². The van der Waals surface area contributed by atoms with Crippen LogP contribution in [0.4, 0.5) is 0 Å². The molecule has 0 spiro atoms. The number of rotatable bonds is 3. The first kappa shape index (κ1) is 12.3. The fourth-order valence-corrected chi connectivity index (χ4v) is 3.01. The lowest BCUT2D eigenvalue weighted by molar-refractivity contribution is -0.122. The predicted octanol–water partition coefficient (Wildman–Crippen LogP) is 4.21. The van der Waals surface area contributed by atoms with Crippen LogP contribution in [0, 0.1) is 0 Å². The molecule has 0 saturated heterocycles. The lowest BCUT2D eigenvalue weighted by atomic mass is 9.75. The fourth-order valence-electron chi connectivity index (χ4n) is 3.01. The monoisotopic (exact) mass is 230 g/mol. The Morgan fingerprint density at radius 3 is 2.06 bits per heavy atom. The lowest BCUT2D eigenvalue weighted by Crippen LogP contribution is -2.30. The summed E-state index contributed by atoms with van der Waals surface area (Å²) in [6.45, 7) is 6.15. The van der Waals surface area contributed by atoms with Gasteiger partial charge in [-0.05, 0) is 36.8 Å². The maximum atomic E-state index is 12.0. The summed E-state index contributed by atoms with van der Waals surface area (Å²) in [7, 11) is 0. The van der Waals surface area contributed by atoms with Gasteiger partial charge >= 0.3 is 0 Å². The van der Waals surface area contributed by atoms with Gasteiger partial charge in [0.2, 0.25) is 0 Å². The normalized spacial score (nSPS) is 18.6. The molecule has 1 aromatic carbocycles. The maximum Gasteiger partial charge on any atom is 0.140 e. The Bertz CT molecular complexity index is 394. The first-order valence-corrected chi connectivity index (χ1v) is 6.68. The van der Waals surface area contributed by atoms with Gasteiger partial charge in [-0.2, -0.15) is 0 Å². The first-order chi connectivity index (χ1) is 8.06. The average molecular weight is 230 g/mol. The van der Waals surface area contributed by atoms with E-state index in [1.165, 1.54) is 24.0 Å². The van der Waals surface area contributed by atoms with E-state index < -0.39 is 0 Å². The molecule has 1 fully saturated rings. The Morgan fingerprint density at radius 2 is 1.65 bits per heavy atom. The van der Waals surface area contributed by atoms with Crippen LogP contribution in [0.3, 0.4) is 0 Å². The standard InChI is InChI=1S/C16H22O/c1-12(2)14-6-8-15(9-7-14)16(13(3)17)10-4-5-11-16/h6-9,12H,4-5,10-11H2,1-3H3. The summed E-state index contributed by atoms with van der Waals surface area (Å²) in [4.78, 5) is 12.0. The van der Waals surface area contributed by atoms with Crippen LogP contribution in [-0.4, -0.2) is 5.78 Å². The molecule has 0 radical (unpaired) electrons. The number of hydrogen-bond donors (Lipinski definition) is 0. The molecule has 1 aromatic rings. The van der Waals surface area contributed by atoms with E-state index in [1.54, 1.807) is 6.92 Å². The van der Waals surface area contributed by atoms with Gasteiger partial charge < -0.3 is 0 Å². The molecule has 92 valence electrons. The van der Waals surface area contributed by atoms with Crippen LogP contribution in [0.1, 0.15) is 63.5 Å². The molecular weight excluding hydrogens is 208 g/mol. The molecule has 0 aromatic heterocycles. The van der Waals surface area contributed by atoms with Gasteiger partial charge in [0.1, 0.15) is 5.78 Å². The molecule has 0 heterocycles. The van der Waals surface area contributed by atoms with Gasteiger partial charge in [0, 0.05) is 0 Å². The van der Waals surface area contributed by atoms with E-state index in [-0.39, 0.29) is 5.41 Å². The Kier molecular flexibility index (Phi) is 3.37. The zero-order valence-electron chi connectivity index (χ0n) is 11.1. The zero-order chi connectivity index (χ0) is 12.5. The summed E-state index contributed by atoms with van der Waals surface area (Å²) in [6, 6.07) is 8.70. The van der Waals surface area contributed by atoms with Crippen molar-refractivity contribution >= 4 is 5.78 Å². The molecule has 0 bridgehead atoms. The second-order valence-electron chi connectivity index (χ2n) is 5.62. The van der Waals surface area contributed by atoms with Gasteiger partial charge in [-0.3, -0.25) is 4.79 Å². The summed E-state index contributed by atoms with van der Waals surface area (Å²) in [6.07, 6.45) is 4.43. The van der Waals surface area contributed by atoms with Crippen LogP contribution in [0.2, 0.25) is 0 Å². The summed E-state index contributed by atoms with van der Waals surface area (Å²) < 4.78 is 0. The number of benzene rings is 1. The molecule has 1 aliphatic carbocycles. The smallest absolute Gasteiger partial charge is 0.140 e. The van der Waals surface area contributed by atoms with Crippen molar-refractivity contribution in [1.82, 2.24) is 0 Å². The highest BCUT2D eigenvalue weighted by molar-refractivity contribution is 5.88. The van der Waals surface area contributed by atoms with Crippen LogP contribution in [0.5, 0.6) is 0 Å². The molecule has 0 unspecified atom stereocenters. The number of hydrogen-bond acceptors (Lipinski definition) is 1. The van der Waals surface area contributed by atoms with Crippen molar-refractivity contribution in [3.05, 3.63) is 35.4 Å². The minimum absolute atomic E-state index is 0.171. The van der Waals surface area contributed by atoms with E-state index in [1.807, 2.05) is 0 Å². The highest BCUT2D eigenvalue weighted by atomic mass is 16.1. The molecule has 0 amide bonds. The van der Waals surface area contributed by atoms with Crippen LogP contribution < -0.4 is 0 Å². The Hall–Kier alpha value is -1.11. The number of carbonyl (C=O) groups excluding carboxylic acids is 1. The van der Waals surface area contributed by atoms with E-state index in [9.17, 15) is 4.79 Å². The second kappa shape index (κ2) is 4.64. The van der Waals surface area contributed by atoms with Crippen molar-refractivity contribution in [2.45, 2.75) is 57.8 Å². The lowest BCUT2D eigenvalue weighted by Gasteiger charge is -2.26. The average Bonchev–Trinajstić information content (AvgIpc) is 2.79. The van der Waals surface area contributed by atoms with E-state index in [0.717, 1.165) is 12.8 Å². The molecule has 0 aliphatic heterocycles. The van der Waals surface area contributed by atoms with Crippen molar-refractivity contribution in [2.75, 3.05) is 0 Å². The topological polar surface area (TPSA) is 17.1 Å². The zero-order valence-corrected chi connectivity index (χ0v) is 11.1. The number of Topliss-reactive ketones (excluding diaryl/α,β-unsaturated/α-hetero) is 1. The molecular formula is C16H22O. The first-order valence-electron chi connectivity index (χ1n) is 6.68. The molecule has 1 nitrogen and oxygen atoms in total. The van der Waals surface area contributed by atoms with Crippen molar-refractivity contribution < 1.29 is 4.79 Å². The van der Waals surface area contributed by atoms with E-state index >= 15 is 0 Å². The van der Waals surface area contributed by atoms with Gasteiger partial charge in [-0.25, -0.2) is 0 Å². The third-order valence-electron chi connectivity index (χ3n) is 4.26. The minimum atomic E-state index is -0.171. The summed E-state index contributed by atoms with van der Waals surface area (Å²) in [5, 5.41) is 0. The number of ketones is 1. The van der Waals surface area contributed by atoms with Gasteiger partial charge in [-0.15, -0.1) is 0 Å². The summed E-state index contributed by atoms with van der Waals surface area (Å²) >= 11 is 0. The van der Waals surface area contributed by atoms with Crippen molar-refractivity contribution in [3.8, 4) is 0 Å². The van der Waals surface area contributed by atoms with Gasteiger partial charge in [0.15, 0.2) is 0 Å². The van der Waals surface area contributed by atoms with Crippen molar-refractivity contribution in [2.24, 2.45) is 0 Å². The third kappa shape index (κ3) is 2.15. The highest BCUT2D eigenvalue weighted by Crippen LogP contribution is 2.42. The largest absolute Gasteiger partial charge is 0.299 e. The molecule has 0 N–H and O–H groups in total. The highest BCUT2D eigenvalue weighted by Gasteiger charge is 2.39. The Labute approximate surface area is 104 Å². The second-order valence-corrected chi connectivity index (χ2v) is 5.62. The minimum Gasteiger partial charge on any atom is -0.299 e. The van der Waals surface area contributed by atoms with E-state index in [2.05, 4.69) is 38.1 Å². The van der Waals surface area contributed by atoms with Crippen molar-refractivity contribution in [3.63, 3.8) is 0 Å². The van der Waals surface area contributed by atoms with Crippen LogP contribution in [0.25, 0.3) is 0 Å². The SMILES string of the molecule is CC(=O)C1(c2ccc(C(C)C)cc2)CCCC1. The van der Waals surface area contributed by atoms with Crippen LogP contribution in [0.15, 0.2) is 24.3 Å². The summed E-state index contributed by atoms with van der Waals surface area (Å²) in [5.41, 5.74) is 2.41. The van der Waals surface area contributed by atoms with Crippen molar-refractivity contribution in [1.29, 1.82) is 0 Å². The Morgan fingerprint density at radius 1 is 1.12 bits per heavy atom. The van der Waals surface area contributed by atoms with Gasteiger partial charge in [-0.1, -0.05) is 51.0 Å². The molecule has 1 aliphatic rings. The van der Waals surface area contributed by atoms with E-state index in [0.29, 0.717) is 11.7 Å². The summed E-state index contributed by atoms with van der Waals surface area (Å²) in [5.74, 6) is 0.896. The maximum absolute atomic E-state index is 12.0. The molecule has 1 heteroatoms. The predicted molar refractivity (Wildman–Crippen MR) is 71.4 cm³/mol. The Balaban J connectivity index is 2.35. The molecule has 0 atom stereocenters. The number of carbonyl (C=O) groups is 1. The van der Waals surface area contributed by atoms with E-state index in [4.69, 9.17) is 0 Å². The quantitative estimate of drug-likeness (QED) is 0.760. The molecule has 2 rings (SSSR count). The van der Waals surface area contributed by atoms with Gasteiger partial charge in [0.25, 0.3) is 0 Å². The fraction of sp³-hybridized carbons (Fsp3) is 0.562. The molecule has 17 heavy (non-hydrogen) atoms. The van der Waals surface area contributed by atoms with Crippen LogP contribution in [-0.2, 0) is 10.2 Å².